The van der Waals surface area contributed by atoms with E-state index in [-0.39, 0.29) is 5.41 Å². The van der Waals surface area contributed by atoms with Crippen LogP contribution in [0.25, 0.3) is 5.65 Å². The Morgan fingerprint density at radius 2 is 2.00 bits per heavy atom. The van der Waals surface area contributed by atoms with E-state index in [1.807, 2.05) is 20.8 Å². The van der Waals surface area contributed by atoms with Gasteiger partial charge in [-0.3, -0.25) is 9.20 Å². The summed E-state index contributed by atoms with van der Waals surface area (Å²) >= 11 is 12.0. The number of carbonyl (C=O) groups excluding carboxylic acids is 1. The van der Waals surface area contributed by atoms with E-state index in [0.29, 0.717) is 21.4 Å². The lowest BCUT2D eigenvalue weighted by molar-refractivity contribution is 0.111. The van der Waals surface area contributed by atoms with Crippen LogP contribution in [-0.2, 0) is 5.41 Å². The van der Waals surface area contributed by atoms with Gasteiger partial charge in [0.15, 0.2) is 11.9 Å². The standard InChI is InChI=1S/C12H12Cl2N2O/c1-12(2,3)10-9(6-17)16-5-7(13)4-8(14)11(16)15-10/h4-6H,1-3H3. The van der Waals surface area contributed by atoms with E-state index in [4.69, 9.17) is 23.2 Å². The van der Waals surface area contributed by atoms with Gasteiger partial charge in [0.2, 0.25) is 0 Å². The van der Waals surface area contributed by atoms with Crippen LogP contribution in [0, 0.1) is 0 Å². The van der Waals surface area contributed by atoms with E-state index in [2.05, 4.69) is 4.98 Å². The SMILES string of the molecule is CC(C)(C)c1nc2c(Cl)cc(Cl)cn2c1C=O. The molecule has 0 aromatic carbocycles. The van der Waals surface area contributed by atoms with Crippen molar-refractivity contribution in [1.29, 1.82) is 0 Å². The monoisotopic (exact) mass is 270 g/mol. The summed E-state index contributed by atoms with van der Waals surface area (Å²) in [6.07, 6.45) is 2.43. The summed E-state index contributed by atoms with van der Waals surface area (Å²) in [7, 11) is 0. The summed E-state index contributed by atoms with van der Waals surface area (Å²) in [5, 5.41) is 0.916. The Morgan fingerprint density at radius 3 is 2.53 bits per heavy atom. The summed E-state index contributed by atoms with van der Waals surface area (Å²) in [4.78, 5) is 15.7. The molecule has 90 valence electrons. The number of halogens is 2. The largest absolute Gasteiger partial charge is 0.296 e. The molecule has 0 aliphatic rings. The molecule has 0 saturated heterocycles. The van der Waals surface area contributed by atoms with Gasteiger partial charge in [-0.1, -0.05) is 44.0 Å². The molecule has 3 nitrogen and oxygen atoms in total. The third-order valence-corrected chi connectivity index (χ3v) is 2.99. The van der Waals surface area contributed by atoms with Gasteiger partial charge in [-0.05, 0) is 6.07 Å². The Hall–Kier alpha value is -1.06. The van der Waals surface area contributed by atoms with Gasteiger partial charge in [0, 0.05) is 11.6 Å². The van der Waals surface area contributed by atoms with Crippen LogP contribution in [0.3, 0.4) is 0 Å². The predicted molar refractivity (Wildman–Crippen MR) is 69.3 cm³/mol. The van der Waals surface area contributed by atoms with Crippen LogP contribution in [0.15, 0.2) is 12.3 Å². The molecule has 0 aliphatic heterocycles. The van der Waals surface area contributed by atoms with Crippen molar-refractivity contribution in [2.75, 3.05) is 0 Å². The zero-order valence-corrected chi connectivity index (χ0v) is 11.3. The van der Waals surface area contributed by atoms with E-state index < -0.39 is 0 Å². The number of aldehydes is 1. The molecule has 2 heterocycles. The van der Waals surface area contributed by atoms with Crippen molar-refractivity contribution >= 4 is 35.1 Å². The molecular formula is C12H12Cl2N2O. The summed E-state index contributed by atoms with van der Waals surface area (Å²) < 4.78 is 1.64. The second-order valence-corrected chi connectivity index (χ2v) is 5.76. The van der Waals surface area contributed by atoms with E-state index in [9.17, 15) is 4.79 Å². The Bertz CT molecular complexity index is 597. The van der Waals surface area contributed by atoms with Gasteiger partial charge in [-0.2, -0.15) is 0 Å². The van der Waals surface area contributed by atoms with Crippen LogP contribution in [0.2, 0.25) is 10.0 Å². The quantitative estimate of drug-likeness (QED) is 0.740. The molecule has 0 N–H and O–H groups in total. The minimum atomic E-state index is -0.224. The van der Waals surface area contributed by atoms with Crippen LogP contribution >= 0.6 is 23.2 Å². The first-order valence-electron chi connectivity index (χ1n) is 5.17. The number of hydrogen-bond donors (Lipinski definition) is 0. The van der Waals surface area contributed by atoms with Gasteiger partial charge >= 0.3 is 0 Å². The average molecular weight is 271 g/mol. The third kappa shape index (κ3) is 2.05. The summed E-state index contributed by atoms with van der Waals surface area (Å²) in [6.45, 7) is 5.99. The van der Waals surface area contributed by atoms with Crippen molar-refractivity contribution < 1.29 is 4.79 Å². The molecule has 0 atom stereocenters. The summed E-state index contributed by atoms with van der Waals surface area (Å²) in [5.41, 5.74) is 1.55. The highest BCUT2D eigenvalue weighted by atomic mass is 35.5. The fourth-order valence-electron chi connectivity index (χ4n) is 1.76. The smallest absolute Gasteiger partial charge is 0.168 e. The molecule has 0 radical (unpaired) electrons. The maximum atomic E-state index is 11.2. The van der Waals surface area contributed by atoms with Crippen molar-refractivity contribution in [2.24, 2.45) is 0 Å². The molecule has 0 spiro atoms. The molecular weight excluding hydrogens is 259 g/mol. The van der Waals surface area contributed by atoms with Gasteiger partial charge in [0.05, 0.1) is 15.7 Å². The highest BCUT2D eigenvalue weighted by Gasteiger charge is 2.24. The molecule has 2 rings (SSSR count). The Labute approximate surface area is 109 Å². The second-order valence-electron chi connectivity index (χ2n) is 4.91. The van der Waals surface area contributed by atoms with Crippen LogP contribution in [0.1, 0.15) is 37.0 Å². The number of pyridine rings is 1. The number of carbonyl (C=O) groups is 1. The molecule has 17 heavy (non-hydrogen) atoms. The number of hydrogen-bond acceptors (Lipinski definition) is 2. The Morgan fingerprint density at radius 1 is 1.35 bits per heavy atom. The number of rotatable bonds is 1. The van der Waals surface area contributed by atoms with Crippen molar-refractivity contribution in [3.05, 3.63) is 33.7 Å². The molecule has 0 bridgehead atoms. The van der Waals surface area contributed by atoms with E-state index in [0.717, 1.165) is 12.0 Å². The van der Waals surface area contributed by atoms with Crippen molar-refractivity contribution in [1.82, 2.24) is 9.38 Å². The normalized spacial score (nSPS) is 12.1. The average Bonchev–Trinajstić information content (AvgIpc) is 2.55. The summed E-state index contributed by atoms with van der Waals surface area (Å²) in [5.74, 6) is 0. The maximum Gasteiger partial charge on any atom is 0.168 e. The lowest BCUT2D eigenvalue weighted by Gasteiger charge is -2.15. The molecule has 2 aromatic rings. The highest BCUT2D eigenvalue weighted by molar-refractivity contribution is 6.36. The zero-order chi connectivity index (χ0) is 12.8. The number of fused-ring (bicyclic) bond motifs is 1. The fraction of sp³-hybridized carbons (Fsp3) is 0.333. The van der Waals surface area contributed by atoms with Crippen molar-refractivity contribution in [2.45, 2.75) is 26.2 Å². The number of imidazole rings is 1. The van der Waals surface area contributed by atoms with Gasteiger partial charge in [0.25, 0.3) is 0 Å². The van der Waals surface area contributed by atoms with Crippen molar-refractivity contribution in [3.63, 3.8) is 0 Å². The lowest BCUT2D eigenvalue weighted by atomic mass is 9.91. The number of aromatic nitrogens is 2. The first-order valence-corrected chi connectivity index (χ1v) is 5.93. The molecule has 2 aromatic heterocycles. The van der Waals surface area contributed by atoms with Gasteiger partial charge in [-0.25, -0.2) is 4.98 Å². The molecule has 0 unspecified atom stereocenters. The molecule has 0 amide bonds. The van der Waals surface area contributed by atoms with Gasteiger partial charge in [-0.15, -0.1) is 0 Å². The van der Waals surface area contributed by atoms with E-state index >= 15 is 0 Å². The minimum Gasteiger partial charge on any atom is -0.296 e. The topological polar surface area (TPSA) is 34.4 Å². The second kappa shape index (κ2) is 4.00. The molecule has 0 saturated carbocycles. The first-order chi connectivity index (χ1) is 7.84. The Kier molecular flexibility index (Phi) is 2.92. The minimum absolute atomic E-state index is 0.224. The van der Waals surface area contributed by atoms with Crippen molar-refractivity contribution in [3.8, 4) is 0 Å². The van der Waals surface area contributed by atoms with E-state index in [1.165, 1.54) is 0 Å². The first kappa shape index (κ1) is 12.4. The highest BCUT2D eigenvalue weighted by Crippen LogP contribution is 2.29. The predicted octanol–water partition coefficient (Wildman–Crippen LogP) is 3.75. The molecule has 0 aliphatic carbocycles. The van der Waals surface area contributed by atoms with E-state index in [1.54, 1.807) is 16.7 Å². The number of nitrogens with zero attached hydrogens (tertiary/aromatic N) is 2. The lowest BCUT2D eigenvalue weighted by Crippen LogP contribution is -2.14. The zero-order valence-electron chi connectivity index (χ0n) is 9.79. The van der Waals surface area contributed by atoms with Crippen LogP contribution in [-0.4, -0.2) is 15.7 Å². The maximum absolute atomic E-state index is 11.2. The van der Waals surface area contributed by atoms with Gasteiger partial charge in [0.1, 0.15) is 5.69 Å². The van der Waals surface area contributed by atoms with Crippen LogP contribution in [0.4, 0.5) is 0 Å². The van der Waals surface area contributed by atoms with Crippen LogP contribution < -0.4 is 0 Å². The summed E-state index contributed by atoms with van der Waals surface area (Å²) in [6, 6.07) is 1.62. The van der Waals surface area contributed by atoms with Gasteiger partial charge < -0.3 is 0 Å². The Balaban J connectivity index is 2.90. The van der Waals surface area contributed by atoms with Crippen LogP contribution in [0.5, 0.6) is 0 Å². The molecule has 5 heteroatoms. The fourth-order valence-corrected chi connectivity index (χ4v) is 2.27. The molecule has 0 fully saturated rings. The third-order valence-electron chi connectivity index (χ3n) is 2.50.